The molecule has 126 valence electrons. The zero-order valence-corrected chi connectivity index (χ0v) is 14.0. The molecule has 2 aromatic carbocycles. The maximum absolute atomic E-state index is 11.2. The van der Waals surface area contributed by atoms with Crippen LogP contribution in [0.15, 0.2) is 60.7 Å². The largest absolute Gasteiger partial charge is 0.478 e. The van der Waals surface area contributed by atoms with Gasteiger partial charge in [-0.3, -0.25) is 0 Å². The number of methoxy groups -OCH3 is 1. The van der Waals surface area contributed by atoms with Gasteiger partial charge >= 0.3 is 5.97 Å². The van der Waals surface area contributed by atoms with Crippen LogP contribution in [-0.2, 0) is 10.3 Å². The van der Waals surface area contributed by atoms with E-state index in [2.05, 4.69) is 6.07 Å². The van der Waals surface area contributed by atoms with E-state index in [9.17, 15) is 10.1 Å². The van der Waals surface area contributed by atoms with Crippen molar-refractivity contribution in [3.63, 3.8) is 0 Å². The van der Waals surface area contributed by atoms with Crippen molar-refractivity contribution in [3.05, 3.63) is 77.4 Å². The molecule has 0 saturated heterocycles. The van der Waals surface area contributed by atoms with Crippen molar-refractivity contribution in [1.82, 2.24) is 0 Å². The number of benzene rings is 2. The molecule has 4 heteroatoms. The summed E-state index contributed by atoms with van der Waals surface area (Å²) in [5, 5.41) is 18.9. The summed E-state index contributed by atoms with van der Waals surface area (Å²) in [5.74, 6) is -0.966. The third kappa shape index (κ3) is 2.95. The normalized spacial score (nSPS) is 17.6. The Bertz CT molecular complexity index is 847. The lowest BCUT2D eigenvalue weighted by molar-refractivity contribution is -0.0141. The van der Waals surface area contributed by atoms with Crippen molar-refractivity contribution in [2.75, 3.05) is 7.11 Å². The first kappa shape index (κ1) is 16.9. The molecule has 1 fully saturated rings. The van der Waals surface area contributed by atoms with Crippen molar-refractivity contribution < 1.29 is 14.6 Å². The van der Waals surface area contributed by atoms with Crippen LogP contribution >= 0.6 is 0 Å². The van der Waals surface area contributed by atoms with Gasteiger partial charge in [-0.25, -0.2) is 4.79 Å². The number of carboxylic acid groups (broad SMARTS) is 1. The average Bonchev–Trinajstić information content (AvgIpc) is 3.45. The second kappa shape index (κ2) is 6.54. The van der Waals surface area contributed by atoms with E-state index in [-0.39, 0.29) is 5.56 Å². The highest BCUT2D eigenvalue weighted by Crippen LogP contribution is 2.60. The SMILES string of the molecule is CO[C@@](/C=C/c1cccc(C(=O)O)c1)(c1ccccc1)C1(C#N)CC1. The molecular weight excluding hydrogens is 314 g/mol. The predicted molar refractivity (Wildman–Crippen MR) is 94.8 cm³/mol. The van der Waals surface area contributed by atoms with Crippen molar-refractivity contribution in [1.29, 1.82) is 5.26 Å². The molecule has 0 bridgehead atoms. The quantitative estimate of drug-likeness (QED) is 0.858. The van der Waals surface area contributed by atoms with E-state index in [0.29, 0.717) is 0 Å². The second-order valence-electron chi connectivity index (χ2n) is 6.26. The fourth-order valence-electron chi connectivity index (χ4n) is 3.28. The highest BCUT2D eigenvalue weighted by Gasteiger charge is 2.60. The zero-order chi connectivity index (χ0) is 17.9. The molecule has 0 heterocycles. The molecule has 0 amide bonds. The van der Waals surface area contributed by atoms with Crippen LogP contribution in [0.1, 0.15) is 34.3 Å². The summed E-state index contributed by atoms with van der Waals surface area (Å²) in [4.78, 5) is 11.2. The lowest BCUT2D eigenvalue weighted by Gasteiger charge is -2.34. The number of rotatable bonds is 6. The van der Waals surface area contributed by atoms with E-state index >= 15 is 0 Å². The van der Waals surface area contributed by atoms with Crippen LogP contribution in [0.25, 0.3) is 6.08 Å². The van der Waals surface area contributed by atoms with Gasteiger partial charge in [-0.1, -0.05) is 48.5 Å². The number of ether oxygens (including phenoxy) is 1. The van der Waals surface area contributed by atoms with Crippen molar-refractivity contribution in [2.24, 2.45) is 5.41 Å². The zero-order valence-electron chi connectivity index (χ0n) is 14.0. The summed E-state index contributed by atoms with van der Waals surface area (Å²) in [7, 11) is 1.61. The van der Waals surface area contributed by atoms with E-state index in [1.165, 1.54) is 0 Å². The van der Waals surface area contributed by atoms with E-state index in [1.54, 1.807) is 25.3 Å². The first-order chi connectivity index (χ1) is 12.1. The fraction of sp³-hybridized carbons (Fsp3) is 0.238. The fourth-order valence-corrected chi connectivity index (χ4v) is 3.28. The molecule has 1 atom stereocenters. The minimum absolute atomic E-state index is 0.228. The number of hydrogen-bond acceptors (Lipinski definition) is 3. The topological polar surface area (TPSA) is 70.3 Å². The molecule has 1 N–H and O–H groups in total. The van der Waals surface area contributed by atoms with Gasteiger partial charge in [0.15, 0.2) is 0 Å². The Hall–Kier alpha value is -2.90. The van der Waals surface area contributed by atoms with Gasteiger partial charge in [0.1, 0.15) is 5.60 Å². The van der Waals surface area contributed by atoms with Gasteiger partial charge in [0.25, 0.3) is 0 Å². The summed E-state index contributed by atoms with van der Waals surface area (Å²) < 4.78 is 5.92. The van der Waals surface area contributed by atoms with Gasteiger partial charge < -0.3 is 9.84 Å². The molecular formula is C21H19NO3. The maximum Gasteiger partial charge on any atom is 0.335 e. The van der Waals surface area contributed by atoms with Gasteiger partial charge in [-0.15, -0.1) is 0 Å². The van der Waals surface area contributed by atoms with Gasteiger partial charge in [0.2, 0.25) is 0 Å². The van der Waals surface area contributed by atoms with E-state index < -0.39 is 17.0 Å². The van der Waals surface area contributed by atoms with Crippen molar-refractivity contribution in [3.8, 4) is 6.07 Å². The second-order valence-corrected chi connectivity index (χ2v) is 6.26. The first-order valence-corrected chi connectivity index (χ1v) is 8.11. The molecule has 1 aliphatic rings. The Balaban J connectivity index is 2.06. The molecule has 0 aliphatic heterocycles. The summed E-state index contributed by atoms with van der Waals surface area (Å²) in [6.45, 7) is 0. The molecule has 1 aliphatic carbocycles. The molecule has 0 spiro atoms. The van der Waals surface area contributed by atoms with Crippen LogP contribution < -0.4 is 0 Å². The van der Waals surface area contributed by atoms with Crippen LogP contribution in [0.4, 0.5) is 0 Å². The summed E-state index contributed by atoms with van der Waals surface area (Å²) in [5.41, 5.74) is 0.450. The molecule has 25 heavy (non-hydrogen) atoms. The Labute approximate surface area is 147 Å². The number of carbonyl (C=O) groups is 1. The van der Waals surface area contributed by atoms with Crippen molar-refractivity contribution >= 4 is 12.0 Å². The summed E-state index contributed by atoms with van der Waals surface area (Å²) in [6, 6.07) is 18.8. The Morgan fingerprint density at radius 3 is 2.52 bits per heavy atom. The van der Waals surface area contributed by atoms with Crippen LogP contribution in [0.3, 0.4) is 0 Å². The monoisotopic (exact) mass is 333 g/mol. The van der Waals surface area contributed by atoms with E-state index in [1.807, 2.05) is 48.6 Å². The number of carboxylic acids is 1. The Kier molecular flexibility index (Phi) is 4.43. The van der Waals surface area contributed by atoms with E-state index in [0.717, 1.165) is 24.0 Å². The average molecular weight is 333 g/mol. The molecule has 3 rings (SSSR count). The first-order valence-electron chi connectivity index (χ1n) is 8.11. The smallest absolute Gasteiger partial charge is 0.335 e. The number of hydrogen-bond donors (Lipinski definition) is 1. The Morgan fingerprint density at radius 2 is 1.96 bits per heavy atom. The number of nitriles is 1. The minimum Gasteiger partial charge on any atom is -0.478 e. The summed E-state index contributed by atoms with van der Waals surface area (Å²) in [6.07, 6.45) is 5.26. The lowest BCUT2D eigenvalue weighted by atomic mass is 9.78. The van der Waals surface area contributed by atoms with Gasteiger partial charge in [0.05, 0.1) is 17.0 Å². The maximum atomic E-state index is 11.2. The van der Waals surface area contributed by atoms with Crippen LogP contribution in [0.2, 0.25) is 0 Å². The van der Waals surface area contributed by atoms with Crippen molar-refractivity contribution in [2.45, 2.75) is 18.4 Å². The highest BCUT2D eigenvalue weighted by atomic mass is 16.5. The third-order valence-corrected chi connectivity index (χ3v) is 4.84. The van der Waals surface area contributed by atoms with Gasteiger partial charge in [0, 0.05) is 7.11 Å². The van der Waals surface area contributed by atoms with Crippen LogP contribution in [-0.4, -0.2) is 18.2 Å². The minimum atomic E-state index is -0.966. The lowest BCUT2D eigenvalue weighted by Crippen LogP contribution is -2.36. The van der Waals surface area contributed by atoms with Gasteiger partial charge in [-0.2, -0.15) is 5.26 Å². The Morgan fingerprint density at radius 1 is 1.24 bits per heavy atom. The molecule has 0 unspecified atom stereocenters. The highest BCUT2D eigenvalue weighted by molar-refractivity contribution is 5.88. The van der Waals surface area contributed by atoms with Crippen LogP contribution in [0, 0.1) is 16.7 Å². The standard InChI is InChI=1S/C21H19NO3/c1-25-21(20(15-22)12-13-20,18-8-3-2-4-9-18)11-10-16-6-5-7-17(14-16)19(23)24/h2-11,14H,12-13H2,1H3,(H,23,24)/b11-10+/t21-/m0/s1. The molecule has 4 nitrogen and oxygen atoms in total. The van der Waals surface area contributed by atoms with E-state index in [4.69, 9.17) is 9.84 Å². The predicted octanol–water partition coefficient (Wildman–Crippen LogP) is 4.24. The number of nitrogens with zero attached hydrogens (tertiary/aromatic N) is 1. The molecule has 2 aromatic rings. The number of aromatic carboxylic acids is 1. The third-order valence-electron chi connectivity index (χ3n) is 4.84. The van der Waals surface area contributed by atoms with Crippen LogP contribution in [0.5, 0.6) is 0 Å². The summed E-state index contributed by atoms with van der Waals surface area (Å²) >= 11 is 0. The molecule has 1 saturated carbocycles. The molecule has 0 radical (unpaired) electrons. The van der Waals surface area contributed by atoms with Gasteiger partial charge in [-0.05, 0) is 42.2 Å². The molecule has 0 aromatic heterocycles.